The molecule has 0 saturated carbocycles. The minimum atomic E-state index is -0.514. The van der Waals surface area contributed by atoms with Crippen molar-refractivity contribution in [2.24, 2.45) is 0 Å². The predicted octanol–water partition coefficient (Wildman–Crippen LogP) is 4.06. The van der Waals surface area contributed by atoms with Crippen LogP contribution in [-0.2, 0) is 6.54 Å². The van der Waals surface area contributed by atoms with Crippen LogP contribution in [0.5, 0.6) is 0 Å². The topological polar surface area (TPSA) is 94.2 Å². The van der Waals surface area contributed by atoms with E-state index in [1.54, 1.807) is 38.2 Å². The molecule has 1 aromatic heterocycles. The van der Waals surface area contributed by atoms with Gasteiger partial charge >= 0.3 is 0 Å². The maximum atomic E-state index is 12.7. The number of nitro groups is 1. The van der Waals surface area contributed by atoms with Crippen LogP contribution in [0.25, 0.3) is 5.69 Å². The van der Waals surface area contributed by atoms with Crippen LogP contribution >= 0.6 is 23.2 Å². The molecule has 10 heteroatoms. The van der Waals surface area contributed by atoms with Crippen LogP contribution < -0.4 is 0 Å². The van der Waals surface area contributed by atoms with Crippen LogP contribution in [0.3, 0.4) is 0 Å². The monoisotopic (exact) mass is 419 g/mol. The molecule has 3 rings (SSSR count). The molecule has 8 nitrogen and oxygen atoms in total. The molecule has 1 amide bonds. The molecule has 0 aliphatic heterocycles. The Morgan fingerprint density at radius 1 is 1.21 bits per heavy atom. The molecule has 0 spiro atoms. The Morgan fingerprint density at radius 3 is 2.54 bits per heavy atom. The van der Waals surface area contributed by atoms with Gasteiger partial charge in [0.1, 0.15) is 5.82 Å². The maximum absolute atomic E-state index is 12.7. The van der Waals surface area contributed by atoms with Crippen molar-refractivity contribution in [2.45, 2.75) is 13.5 Å². The molecule has 0 bridgehead atoms. The lowest BCUT2D eigenvalue weighted by Crippen LogP contribution is -2.27. The van der Waals surface area contributed by atoms with E-state index in [0.717, 1.165) is 5.69 Å². The lowest BCUT2D eigenvalue weighted by atomic mass is 10.2. The summed E-state index contributed by atoms with van der Waals surface area (Å²) in [5.41, 5.74) is 1.08. The highest BCUT2D eigenvalue weighted by Crippen LogP contribution is 2.23. The van der Waals surface area contributed by atoms with E-state index in [1.807, 2.05) is 0 Å². The molecule has 2 aromatic carbocycles. The Hall–Kier alpha value is -2.97. The fraction of sp³-hybridized carbons (Fsp3) is 0.167. The van der Waals surface area contributed by atoms with Crippen molar-refractivity contribution in [3.8, 4) is 5.69 Å². The quantitative estimate of drug-likeness (QED) is 0.458. The molecule has 1 heterocycles. The third-order valence-corrected chi connectivity index (χ3v) is 4.65. The summed E-state index contributed by atoms with van der Waals surface area (Å²) in [7, 11) is 1.55. The van der Waals surface area contributed by atoms with Crippen LogP contribution in [0.15, 0.2) is 42.5 Å². The van der Waals surface area contributed by atoms with Crippen LogP contribution in [0.4, 0.5) is 5.69 Å². The second-order valence-corrected chi connectivity index (χ2v) is 6.91. The van der Waals surface area contributed by atoms with Gasteiger partial charge in [-0.3, -0.25) is 14.9 Å². The number of hydrogen-bond donors (Lipinski definition) is 0. The van der Waals surface area contributed by atoms with Gasteiger partial charge in [0.2, 0.25) is 5.82 Å². The van der Waals surface area contributed by atoms with Crippen molar-refractivity contribution >= 4 is 34.8 Å². The Bertz CT molecular complexity index is 1050. The number of carbonyl (C=O) groups excluding carboxylic acids is 1. The largest absolute Gasteiger partial charge is 0.335 e. The van der Waals surface area contributed by atoms with Gasteiger partial charge in [-0.15, -0.1) is 5.10 Å². The predicted molar refractivity (Wildman–Crippen MR) is 105 cm³/mol. The SMILES string of the molecule is Cc1nc(C(=O)N(C)Cc2cc([N+](=O)[O-])ccc2Cl)nn1-c1ccc(Cl)cc1. The minimum absolute atomic E-state index is 0.0107. The highest BCUT2D eigenvalue weighted by Gasteiger charge is 2.21. The van der Waals surface area contributed by atoms with Crippen LogP contribution in [0.2, 0.25) is 10.0 Å². The van der Waals surface area contributed by atoms with Gasteiger partial charge in [-0.25, -0.2) is 9.67 Å². The average Bonchev–Trinajstić information content (AvgIpc) is 3.05. The van der Waals surface area contributed by atoms with Gasteiger partial charge in [-0.1, -0.05) is 23.2 Å². The molecule has 0 aliphatic rings. The fourth-order valence-electron chi connectivity index (χ4n) is 2.60. The number of halogens is 2. The van der Waals surface area contributed by atoms with Crippen molar-refractivity contribution in [3.05, 3.63) is 79.8 Å². The summed E-state index contributed by atoms with van der Waals surface area (Å²) in [6.07, 6.45) is 0. The Kier molecular flexibility index (Phi) is 5.62. The summed E-state index contributed by atoms with van der Waals surface area (Å²) in [5, 5.41) is 16.1. The zero-order valence-corrected chi connectivity index (χ0v) is 16.5. The molecule has 0 N–H and O–H groups in total. The Morgan fingerprint density at radius 2 is 1.89 bits per heavy atom. The van der Waals surface area contributed by atoms with E-state index in [2.05, 4.69) is 10.1 Å². The summed E-state index contributed by atoms with van der Waals surface area (Å²) in [4.78, 5) is 28.7. The highest BCUT2D eigenvalue weighted by atomic mass is 35.5. The first-order valence-electron chi connectivity index (χ1n) is 8.14. The zero-order valence-electron chi connectivity index (χ0n) is 15.0. The van der Waals surface area contributed by atoms with E-state index in [0.29, 0.717) is 21.4 Å². The van der Waals surface area contributed by atoms with Crippen molar-refractivity contribution in [2.75, 3.05) is 7.05 Å². The third-order valence-electron chi connectivity index (χ3n) is 4.03. The van der Waals surface area contributed by atoms with Crippen molar-refractivity contribution in [1.82, 2.24) is 19.7 Å². The number of non-ortho nitro benzene ring substituents is 1. The van der Waals surface area contributed by atoms with E-state index in [9.17, 15) is 14.9 Å². The molecule has 144 valence electrons. The Balaban J connectivity index is 1.83. The lowest BCUT2D eigenvalue weighted by molar-refractivity contribution is -0.384. The van der Waals surface area contributed by atoms with E-state index in [-0.39, 0.29) is 18.1 Å². The number of amides is 1. The average molecular weight is 420 g/mol. The number of aryl methyl sites for hydroxylation is 1. The van der Waals surface area contributed by atoms with Gasteiger partial charge in [-0.05, 0) is 42.8 Å². The standard InChI is InChI=1S/C18H15Cl2N5O3/c1-11-21-17(22-24(11)14-5-3-13(19)4-6-14)18(26)23(2)10-12-9-15(25(27)28)7-8-16(12)20/h3-9H,10H2,1-2H3. The molecule has 28 heavy (non-hydrogen) atoms. The molecular formula is C18H15Cl2N5O3. The number of rotatable bonds is 5. The molecule has 0 saturated heterocycles. The smallest absolute Gasteiger partial charge is 0.293 e. The molecule has 0 fully saturated rings. The van der Waals surface area contributed by atoms with Gasteiger partial charge in [0.05, 0.1) is 10.6 Å². The summed E-state index contributed by atoms with van der Waals surface area (Å²) in [6.45, 7) is 1.81. The first kappa shape index (κ1) is 19.8. The fourth-order valence-corrected chi connectivity index (χ4v) is 2.90. The first-order chi connectivity index (χ1) is 13.3. The minimum Gasteiger partial charge on any atom is -0.335 e. The summed E-state index contributed by atoms with van der Waals surface area (Å²) in [6, 6.07) is 11.1. The lowest BCUT2D eigenvalue weighted by Gasteiger charge is -2.16. The van der Waals surface area contributed by atoms with Gasteiger partial charge in [-0.2, -0.15) is 0 Å². The Labute approximate surface area is 170 Å². The molecular weight excluding hydrogens is 405 g/mol. The summed E-state index contributed by atoms with van der Waals surface area (Å²) < 4.78 is 1.54. The number of carbonyl (C=O) groups is 1. The van der Waals surface area contributed by atoms with E-state index in [4.69, 9.17) is 23.2 Å². The molecule has 0 atom stereocenters. The highest BCUT2D eigenvalue weighted by molar-refractivity contribution is 6.31. The number of benzene rings is 2. The van der Waals surface area contributed by atoms with Crippen molar-refractivity contribution in [1.29, 1.82) is 0 Å². The molecule has 3 aromatic rings. The van der Waals surface area contributed by atoms with Crippen molar-refractivity contribution < 1.29 is 9.72 Å². The van der Waals surface area contributed by atoms with Gasteiger partial charge in [0.25, 0.3) is 11.6 Å². The van der Waals surface area contributed by atoms with Gasteiger partial charge in [0, 0.05) is 35.8 Å². The van der Waals surface area contributed by atoms with E-state index in [1.165, 1.54) is 27.8 Å². The van der Waals surface area contributed by atoms with Gasteiger partial charge in [0.15, 0.2) is 0 Å². The van der Waals surface area contributed by atoms with Crippen LogP contribution in [0, 0.1) is 17.0 Å². The number of hydrogen-bond acceptors (Lipinski definition) is 5. The number of aromatic nitrogens is 3. The van der Waals surface area contributed by atoms with E-state index >= 15 is 0 Å². The summed E-state index contributed by atoms with van der Waals surface area (Å²) >= 11 is 12.0. The maximum Gasteiger partial charge on any atom is 0.293 e. The van der Waals surface area contributed by atoms with Crippen molar-refractivity contribution in [3.63, 3.8) is 0 Å². The van der Waals surface area contributed by atoms with Crippen LogP contribution in [0.1, 0.15) is 22.0 Å². The third kappa shape index (κ3) is 4.13. The molecule has 0 unspecified atom stereocenters. The second kappa shape index (κ2) is 7.95. The molecule has 0 aliphatic carbocycles. The molecule has 0 radical (unpaired) electrons. The number of nitro benzene ring substituents is 1. The van der Waals surface area contributed by atoms with E-state index < -0.39 is 10.8 Å². The number of nitrogens with zero attached hydrogens (tertiary/aromatic N) is 5. The normalized spacial score (nSPS) is 10.7. The van der Waals surface area contributed by atoms with Crippen LogP contribution in [-0.4, -0.2) is 37.5 Å². The zero-order chi connectivity index (χ0) is 20.4. The second-order valence-electron chi connectivity index (χ2n) is 6.06. The first-order valence-corrected chi connectivity index (χ1v) is 8.89. The van der Waals surface area contributed by atoms with Gasteiger partial charge < -0.3 is 4.90 Å². The summed E-state index contributed by atoms with van der Waals surface area (Å²) in [5.74, 6) is 0.113.